The van der Waals surface area contributed by atoms with Gasteiger partial charge in [0.15, 0.2) is 0 Å². The molecular formula is C33H30FN3O4S. The van der Waals surface area contributed by atoms with Gasteiger partial charge < -0.3 is 20.7 Å². The van der Waals surface area contributed by atoms with Gasteiger partial charge in [-0.05, 0) is 74.5 Å². The first kappa shape index (κ1) is 30.1. The summed E-state index contributed by atoms with van der Waals surface area (Å²) < 4.78 is 19.9. The monoisotopic (exact) mass is 583 g/mol. The van der Waals surface area contributed by atoms with Crippen LogP contribution in [0.5, 0.6) is 5.75 Å². The van der Waals surface area contributed by atoms with Crippen LogP contribution in [-0.2, 0) is 9.59 Å². The summed E-state index contributed by atoms with van der Waals surface area (Å²) in [5.74, 6) is -1.23. The van der Waals surface area contributed by atoms with Crippen molar-refractivity contribution in [1.29, 1.82) is 0 Å². The van der Waals surface area contributed by atoms with E-state index in [-0.39, 0.29) is 17.2 Å². The fourth-order valence-corrected chi connectivity index (χ4v) is 4.72. The van der Waals surface area contributed by atoms with Gasteiger partial charge >= 0.3 is 0 Å². The molecule has 4 aromatic rings. The molecule has 0 spiro atoms. The van der Waals surface area contributed by atoms with E-state index in [1.807, 2.05) is 19.1 Å². The van der Waals surface area contributed by atoms with Crippen molar-refractivity contribution in [3.8, 4) is 5.75 Å². The van der Waals surface area contributed by atoms with Crippen LogP contribution in [0.3, 0.4) is 0 Å². The minimum absolute atomic E-state index is 0.120. The Hall–Kier alpha value is -4.89. The maximum Gasteiger partial charge on any atom is 0.272 e. The van der Waals surface area contributed by atoms with Crippen molar-refractivity contribution in [3.63, 3.8) is 0 Å². The number of carbonyl (C=O) groups excluding carboxylic acids is 3. The molecular weight excluding hydrogens is 553 g/mol. The molecule has 3 N–H and O–H groups in total. The molecule has 1 atom stereocenters. The Bertz CT molecular complexity index is 1580. The molecule has 4 rings (SSSR count). The summed E-state index contributed by atoms with van der Waals surface area (Å²) in [5.41, 5.74) is 1.45. The highest BCUT2D eigenvalue weighted by Gasteiger charge is 2.18. The van der Waals surface area contributed by atoms with Gasteiger partial charge in [-0.15, -0.1) is 11.8 Å². The van der Waals surface area contributed by atoms with E-state index in [0.717, 1.165) is 4.90 Å². The molecule has 42 heavy (non-hydrogen) atoms. The number of rotatable bonds is 11. The van der Waals surface area contributed by atoms with Crippen LogP contribution in [0.25, 0.3) is 6.08 Å². The van der Waals surface area contributed by atoms with E-state index in [1.165, 1.54) is 30.0 Å². The van der Waals surface area contributed by atoms with Gasteiger partial charge in [-0.25, -0.2) is 4.39 Å². The molecule has 0 saturated carbocycles. The van der Waals surface area contributed by atoms with Crippen molar-refractivity contribution >= 4 is 46.9 Å². The topological polar surface area (TPSA) is 96.5 Å². The molecule has 0 radical (unpaired) electrons. The lowest BCUT2D eigenvalue weighted by Gasteiger charge is -2.15. The first-order chi connectivity index (χ1) is 20.3. The number of benzene rings is 4. The first-order valence-corrected chi connectivity index (χ1v) is 14.2. The Balaban J connectivity index is 1.43. The predicted octanol–water partition coefficient (Wildman–Crippen LogP) is 6.75. The number of anilines is 2. The largest absolute Gasteiger partial charge is 0.492 e. The molecule has 0 saturated heterocycles. The normalized spacial score (nSPS) is 11.7. The molecule has 1 unspecified atom stereocenters. The second-order valence-electron chi connectivity index (χ2n) is 9.06. The van der Waals surface area contributed by atoms with Gasteiger partial charge in [0.25, 0.3) is 11.8 Å². The molecule has 0 aromatic heterocycles. The van der Waals surface area contributed by atoms with E-state index in [0.29, 0.717) is 29.3 Å². The average molecular weight is 584 g/mol. The molecule has 9 heteroatoms. The number of hydrogen-bond acceptors (Lipinski definition) is 5. The van der Waals surface area contributed by atoms with Crippen molar-refractivity contribution in [3.05, 3.63) is 126 Å². The fraction of sp³-hybridized carbons (Fsp3) is 0.121. The minimum Gasteiger partial charge on any atom is -0.492 e. The lowest BCUT2D eigenvalue weighted by molar-refractivity contribution is -0.115. The summed E-state index contributed by atoms with van der Waals surface area (Å²) in [7, 11) is 0. The van der Waals surface area contributed by atoms with Crippen molar-refractivity contribution in [2.45, 2.75) is 24.0 Å². The molecule has 0 bridgehead atoms. The van der Waals surface area contributed by atoms with Crippen molar-refractivity contribution in [2.24, 2.45) is 0 Å². The van der Waals surface area contributed by atoms with Gasteiger partial charge in [0.1, 0.15) is 17.3 Å². The summed E-state index contributed by atoms with van der Waals surface area (Å²) in [6, 6.07) is 28.6. The minimum atomic E-state index is -0.622. The highest BCUT2D eigenvalue weighted by atomic mass is 32.2. The van der Waals surface area contributed by atoms with Crippen LogP contribution < -0.4 is 20.7 Å². The zero-order chi connectivity index (χ0) is 29.9. The Labute approximate surface area is 248 Å². The molecule has 214 valence electrons. The van der Waals surface area contributed by atoms with Crippen LogP contribution in [0, 0.1) is 5.82 Å². The van der Waals surface area contributed by atoms with E-state index < -0.39 is 22.9 Å². The van der Waals surface area contributed by atoms with Crippen LogP contribution in [0.1, 0.15) is 29.8 Å². The zero-order valence-corrected chi connectivity index (χ0v) is 23.9. The smallest absolute Gasteiger partial charge is 0.272 e. The maximum absolute atomic E-state index is 14.4. The standard InChI is InChI=1S/C33H30FN3O4S/c1-3-41-30-16-10-9-15-28(30)36-31(38)22(2)42-26-19-17-25(18-20-26)35-33(40)29(21-24-13-7-8-14-27(24)34)37-32(39)23-11-5-4-6-12-23/h4-22H,3H2,1-2H3,(H,35,40)(H,36,38)(H,37,39)/b29-21-. The lowest BCUT2D eigenvalue weighted by Crippen LogP contribution is -2.30. The van der Waals surface area contributed by atoms with Gasteiger partial charge in [-0.1, -0.05) is 48.5 Å². The summed E-state index contributed by atoms with van der Waals surface area (Å²) in [6.07, 6.45) is 1.29. The third kappa shape index (κ3) is 8.31. The molecule has 3 amide bonds. The van der Waals surface area contributed by atoms with Gasteiger partial charge in [0, 0.05) is 21.7 Å². The first-order valence-electron chi connectivity index (χ1n) is 13.3. The van der Waals surface area contributed by atoms with E-state index >= 15 is 0 Å². The van der Waals surface area contributed by atoms with Crippen LogP contribution in [0.15, 0.2) is 114 Å². The molecule has 0 aliphatic carbocycles. The summed E-state index contributed by atoms with van der Waals surface area (Å²) >= 11 is 1.36. The van der Waals surface area contributed by atoms with Crippen LogP contribution in [0.4, 0.5) is 15.8 Å². The molecule has 0 heterocycles. The number of thioether (sulfide) groups is 1. The number of amides is 3. The molecule has 7 nitrogen and oxygen atoms in total. The maximum atomic E-state index is 14.4. The predicted molar refractivity (Wildman–Crippen MR) is 165 cm³/mol. The van der Waals surface area contributed by atoms with Crippen molar-refractivity contribution in [2.75, 3.05) is 17.2 Å². The molecule has 0 aliphatic rings. The van der Waals surface area contributed by atoms with Crippen molar-refractivity contribution in [1.82, 2.24) is 5.32 Å². The Kier molecular flexibility index (Phi) is 10.5. The number of hydrogen-bond donors (Lipinski definition) is 3. The lowest BCUT2D eigenvalue weighted by atomic mass is 10.1. The van der Waals surface area contributed by atoms with E-state index in [4.69, 9.17) is 4.74 Å². The molecule has 0 aliphatic heterocycles. The van der Waals surface area contributed by atoms with E-state index in [2.05, 4.69) is 16.0 Å². The third-order valence-corrected chi connectivity index (χ3v) is 7.08. The second kappa shape index (κ2) is 14.7. The number of halogens is 1. The Morgan fingerprint density at radius 1 is 0.857 bits per heavy atom. The number of para-hydroxylation sites is 2. The number of ether oxygens (including phenoxy) is 1. The quantitative estimate of drug-likeness (QED) is 0.134. The Morgan fingerprint density at radius 2 is 1.52 bits per heavy atom. The van der Waals surface area contributed by atoms with Gasteiger partial charge in [-0.3, -0.25) is 14.4 Å². The SMILES string of the molecule is CCOc1ccccc1NC(=O)C(C)Sc1ccc(NC(=O)/C(=C/c2ccccc2F)NC(=O)c2ccccc2)cc1. The summed E-state index contributed by atoms with van der Waals surface area (Å²) in [4.78, 5) is 39.6. The number of carbonyl (C=O) groups is 3. The second-order valence-corrected chi connectivity index (χ2v) is 10.5. The van der Waals surface area contributed by atoms with Crippen LogP contribution >= 0.6 is 11.8 Å². The van der Waals surface area contributed by atoms with Crippen molar-refractivity contribution < 1.29 is 23.5 Å². The third-order valence-electron chi connectivity index (χ3n) is 5.97. The molecule has 4 aromatic carbocycles. The average Bonchev–Trinajstić information content (AvgIpc) is 3.00. The van der Waals surface area contributed by atoms with Crippen LogP contribution in [-0.4, -0.2) is 29.6 Å². The fourth-order valence-electron chi connectivity index (χ4n) is 3.85. The van der Waals surface area contributed by atoms with Gasteiger partial charge in [0.2, 0.25) is 5.91 Å². The highest BCUT2D eigenvalue weighted by Crippen LogP contribution is 2.28. The van der Waals surface area contributed by atoms with Gasteiger partial charge in [0.05, 0.1) is 17.5 Å². The highest BCUT2D eigenvalue weighted by molar-refractivity contribution is 8.00. The summed E-state index contributed by atoms with van der Waals surface area (Å²) in [6.45, 7) is 4.16. The van der Waals surface area contributed by atoms with Gasteiger partial charge in [-0.2, -0.15) is 0 Å². The Morgan fingerprint density at radius 3 is 2.24 bits per heavy atom. The zero-order valence-electron chi connectivity index (χ0n) is 23.1. The van der Waals surface area contributed by atoms with Crippen LogP contribution in [0.2, 0.25) is 0 Å². The van der Waals surface area contributed by atoms with E-state index in [1.54, 1.807) is 85.8 Å². The number of nitrogens with one attached hydrogen (secondary N) is 3. The summed E-state index contributed by atoms with van der Waals surface area (Å²) in [5, 5.41) is 7.84. The van der Waals surface area contributed by atoms with E-state index in [9.17, 15) is 18.8 Å². The molecule has 0 fully saturated rings.